The fourth-order valence-corrected chi connectivity index (χ4v) is 0.970. The average molecular weight is 147 g/mol. The molecular weight excluding hydrogens is 142 g/mol. The first-order valence-corrected chi connectivity index (χ1v) is 3.14. The Kier molecular flexibility index (Phi) is 1.18. The van der Waals surface area contributed by atoms with Gasteiger partial charge in [-0.1, -0.05) is 0 Å². The van der Waals surface area contributed by atoms with E-state index in [0.717, 1.165) is 17.7 Å². The van der Waals surface area contributed by atoms with E-state index < -0.39 is 0 Å². The lowest BCUT2D eigenvalue weighted by molar-refractivity contribution is 0.112. The predicted octanol–water partition coefficient (Wildman–Crippen LogP) is 0.722. The number of nitrogens with zero attached hydrogens (tertiary/aromatic N) is 2. The van der Waals surface area contributed by atoms with Crippen molar-refractivity contribution in [1.29, 1.82) is 0 Å². The minimum atomic E-state index is 0.572. The van der Waals surface area contributed by atoms with Crippen LogP contribution in [0.15, 0.2) is 18.7 Å². The summed E-state index contributed by atoms with van der Waals surface area (Å²) < 4.78 is 0. The summed E-state index contributed by atoms with van der Waals surface area (Å²) in [6.07, 6.45) is 5.43. The van der Waals surface area contributed by atoms with E-state index in [0.29, 0.717) is 5.56 Å². The summed E-state index contributed by atoms with van der Waals surface area (Å²) in [5, 5.41) is 0. The molecule has 4 nitrogen and oxygen atoms in total. The second kappa shape index (κ2) is 2.16. The summed E-state index contributed by atoms with van der Waals surface area (Å²) in [4.78, 5) is 21.0. The third kappa shape index (κ3) is 0.797. The van der Waals surface area contributed by atoms with Crippen LogP contribution in [0.4, 0.5) is 0 Å². The molecule has 1 N–H and O–H groups in total. The molecule has 0 saturated carbocycles. The van der Waals surface area contributed by atoms with E-state index in [2.05, 4.69) is 15.0 Å². The highest BCUT2D eigenvalue weighted by atomic mass is 16.1. The molecule has 0 aromatic heterocycles. The Bertz CT molecular complexity index is 355. The highest BCUT2D eigenvalue weighted by Gasteiger charge is 2.08. The standard InChI is InChI=1S/C7H5N3O/c11-3-5-1-9-6-2-8-4-10-7(5)6/h1-4H,(H,8,10). The number of carbonyl (C=O) groups excluding carboxylic acids is 1. The zero-order chi connectivity index (χ0) is 7.68. The maximum absolute atomic E-state index is 10.4. The van der Waals surface area contributed by atoms with Crippen LogP contribution in [0, 0.1) is 0 Å². The van der Waals surface area contributed by atoms with Crippen LogP contribution in [0.25, 0.3) is 11.4 Å². The summed E-state index contributed by atoms with van der Waals surface area (Å²) >= 11 is 0. The highest BCUT2D eigenvalue weighted by Crippen LogP contribution is 2.18. The van der Waals surface area contributed by atoms with Gasteiger partial charge in [-0.15, -0.1) is 0 Å². The van der Waals surface area contributed by atoms with Crippen molar-refractivity contribution in [1.82, 2.24) is 15.0 Å². The van der Waals surface area contributed by atoms with Gasteiger partial charge in [0, 0.05) is 6.20 Å². The van der Waals surface area contributed by atoms with Crippen LogP contribution in [-0.2, 0) is 0 Å². The Morgan fingerprint density at radius 3 is 3.18 bits per heavy atom. The molecule has 2 aliphatic rings. The third-order valence-electron chi connectivity index (χ3n) is 1.49. The molecule has 0 fully saturated rings. The molecule has 0 spiro atoms. The average Bonchev–Trinajstić information content (AvgIpc) is 2.47. The maximum Gasteiger partial charge on any atom is 0.153 e. The monoisotopic (exact) mass is 147 g/mol. The van der Waals surface area contributed by atoms with Crippen molar-refractivity contribution in [2.45, 2.75) is 0 Å². The molecule has 11 heavy (non-hydrogen) atoms. The molecule has 0 bridgehead atoms. The normalized spacial score (nSPS) is 10.2. The molecule has 0 saturated heterocycles. The number of fused-ring (bicyclic) bond motifs is 1. The highest BCUT2D eigenvalue weighted by molar-refractivity contribution is 5.85. The number of rotatable bonds is 1. The van der Waals surface area contributed by atoms with Gasteiger partial charge < -0.3 is 4.98 Å². The van der Waals surface area contributed by atoms with Gasteiger partial charge in [-0.25, -0.2) is 4.98 Å². The lowest BCUT2D eigenvalue weighted by Gasteiger charge is -1.94. The van der Waals surface area contributed by atoms with E-state index in [4.69, 9.17) is 0 Å². The minimum Gasteiger partial charge on any atom is -0.344 e. The third-order valence-corrected chi connectivity index (χ3v) is 1.49. The second-order valence-corrected chi connectivity index (χ2v) is 2.14. The first kappa shape index (κ1) is 6.03. The van der Waals surface area contributed by atoms with Gasteiger partial charge >= 0.3 is 0 Å². The number of aromatic amines is 1. The van der Waals surface area contributed by atoms with E-state index in [1.165, 1.54) is 12.5 Å². The van der Waals surface area contributed by atoms with Gasteiger partial charge in [-0.3, -0.25) is 9.78 Å². The number of aromatic nitrogens is 3. The molecule has 2 heterocycles. The lowest BCUT2D eigenvalue weighted by atomic mass is 10.2. The van der Waals surface area contributed by atoms with Crippen LogP contribution in [0.5, 0.6) is 0 Å². The quantitative estimate of drug-likeness (QED) is 0.604. The Morgan fingerprint density at radius 1 is 1.45 bits per heavy atom. The van der Waals surface area contributed by atoms with Gasteiger partial charge in [-0.05, 0) is 0 Å². The van der Waals surface area contributed by atoms with Crippen LogP contribution >= 0.6 is 0 Å². The molecule has 0 radical (unpaired) electrons. The molecule has 0 atom stereocenters. The Labute approximate surface area is 62.6 Å². The Balaban J connectivity index is 2.73. The number of hydrogen-bond acceptors (Lipinski definition) is 3. The molecule has 4 heteroatoms. The topological polar surface area (TPSA) is 58.6 Å². The summed E-state index contributed by atoms with van der Waals surface area (Å²) in [5.41, 5.74) is 2.03. The van der Waals surface area contributed by atoms with Crippen LogP contribution in [0.1, 0.15) is 10.4 Å². The van der Waals surface area contributed by atoms with E-state index in [-0.39, 0.29) is 0 Å². The molecule has 2 rings (SSSR count). The van der Waals surface area contributed by atoms with Crippen molar-refractivity contribution in [2.24, 2.45) is 0 Å². The summed E-state index contributed by atoms with van der Waals surface area (Å²) in [5.74, 6) is 0. The summed E-state index contributed by atoms with van der Waals surface area (Å²) in [6.45, 7) is 0. The molecule has 0 aromatic rings. The molecular formula is C7H5N3O. The largest absolute Gasteiger partial charge is 0.344 e. The van der Waals surface area contributed by atoms with Gasteiger partial charge in [0.15, 0.2) is 6.29 Å². The number of nitrogens with one attached hydrogen (secondary N) is 1. The fourth-order valence-electron chi connectivity index (χ4n) is 0.970. The Hall–Kier alpha value is -1.71. The van der Waals surface area contributed by atoms with Gasteiger partial charge in [0.2, 0.25) is 0 Å². The van der Waals surface area contributed by atoms with Crippen LogP contribution < -0.4 is 0 Å². The van der Waals surface area contributed by atoms with Crippen molar-refractivity contribution < 1.29 is 4.79 Å². The molecule has 0 amide bonds. The van der Waals surface area contributed by atoms with Crippen molar-refractivity contribution in [2.75, 3.05) is 0 Å². The van der Waals surface area contributed by atoms with Gasteiger partial charge in [0.25, 0.3) is 0 Å². The molecule has 0 aromatic carbocycles. The van der Waals surface area contributed by atoms with Gasteiger partial charge in [0.1, 0.15) is 5.69 Å². The molecule has 0 unspecified atom stereocenters. The predicted molar refractivity (Wildman–Crippen MR) is 38.4 cm³/mol. The fraction of sp³-hybridized carbons (Fsp3) is 0. The van der Waals surface area contributed by atoms with E-state index in [1.54, 1.807) is 6.20 Å². The molecule has 2 aliphatic heterocycles. The van der Waals surface area contributed by atoms with Crippen molar-refractivity contribution in [3.05, 3.63) is 24.3 Å². The molecule has 54 valence electrons. The Morgan fingerprint density at radius 2 is 2.36 bits per heavy atom. The van der Waals surface area contributed by atoms with Gasteiger partial charge in [-0.2, -0.15) is 0 Å². The first-order valence-electron chi connectivity index (χ1n) is 3.14. The maximum atomic E-state index is 10.4. The van der Waals surface area contributed by atoms with E-state index in [1.807, 2.05) is 0 Å². The minimum absolute atomic E-state index is 0.572. The lowest BCUT2D eigenvalue weighted by Crippen LogP contribution is -1.86. The van der Waals surface area contributed by atoms with E-state index in [9.17, 15) is 4.79 Å². The zero-order valence-electron chi connectivity index (χ0n) is 5.61. The van der Waals surface area contributed by atoms with Crippen LogP contribution in [0.2, 0.25) is 0 Å². The smallest absolute Gasteiger partial charge is 0.153 e. The van der Waals surface area contributed by atoms with Crippen LogP contribution in [0.3, 0.4) is 0 Å². The number of aldehydes is 1. The molecule has 0 aliphatic carbocycles. The van der Waals surface area contributed by atoms with Crippen molar-refractivity contribution in [3.8, 4) is 11.4 Å². The number of carbonyl (C=O) groups is 1. The summed E-state index contributed by atoms with van der Waals surface area (Å²) in [7, 11) is 0. The number of H-pyrrole nitrogens is 1. The number of hydrogen-bond donors (Lipinski definition) is 1. The van der Waals surface area contributed by atoms with Crippen LogP contribution in [-0.4, -0.2) is 21.2 Å². The second-order valence-electron chi connectivity index (χ2n) is 2.14. The van der Waals surface area contributed by atoms with Crippen molar-refractivity contribution in [3.63, 3.8) is 0 Å². The first-order chi connectivity index (χ1) is 5.42. The van der Waals surface area contributed by atoms with Gasteiger partial charge in [0.05, 0.1) is 23.8 Å². The van der Waals surface area contributed by atoms with Crippen molar-refractivity contribution >= 4 is 6.29 Å². The van der Waals surface area contributed by atoms with E-state index >= 15 is 0 Å². The zero-order valence-corrected chi connectivity index (χ0v) is 5.61. The summed E-state index contributed by atoms with van der Waals surface area (Å²) in [6, 6.07) is 0. The SMILES string of the molecule is O=Cc1cnc2cnc[nH]c1-2.